The van der Waals surface area contributed by atoms with Crippen molar-refractivity contribution in [2.24, 2.45) is 0 Å². The normalized spacial score (nSPS) is 11.4. The van der Waals surface area contributed by atoms with Gasteiger partial charge in [0.15, 0.2) is 11.5 Å². The van der Waals surface area contributed by atoms with E-state index in [0.29, 0.717) is 33.5 Å². The third-order valence-corrected chi connectivity index (χ3v) is 4.87. The average Bonchev–Trinajstić information content (AvgIpc) is 3.27. The topological polar surface area (TPSA) is 123 Å². The lowest BCUT2D eigenvalue weighted by Crippen LogP contribution is -2.30. The Morgan fingerprint density at radius 1 is 1.23 bits per heavy atom. The van der Waals surface area contributed by atoms with Gasteiger partial charge in [-0.15, -0.1) is 9.73 Å². The van der Waals surface area contributed by atoms with Crippen molar-refractivity contribution in [3.63, 3.8) is 0 Å². The zero-order valence-corrected chi connectivity index (χ0v) is 18.8. The van der Waals surface area contributed by atoms with Gasteiger partial charge in [-0.3, -0.25) is 4.79 Å². The molecule has 0 atom stereocenters. The van der Waals surface area contributed by atoms with Crippen LogP contribution in [0.2, 0.25) is 5.02 Å². The highest BCUT2D eigenvalue weighted by atomic mass is 35.5. The molecule has 2 amide bonds. The number of aromatic amines is 1. The highest BCUT2D eigenvalue weighted by Crippen LogP contribution is 2.33. The summed E-state index contributed by atoms with van der Waals surface area (Å²) in [6, 6.07) is 4.75. The Hall–Kier alpha value is -3.27. The van der Waals surface area contributed by atoms with Crippen LogP contribution in [-0.4, -0.2) is 52.6 Å². The predicted octanol–water partition coefficient (Wildman–Crippen LogP) is 3.37. The molecule has 0 radical (unpaired) electrons. The van der Waals surface area contributed by atoms with Gasteiger partial charge in [0.2, 0.25) is 0 Å². The van der Waals surface area contributed by atoms with Gasteiger partial charge in [-0.1, -0.05) is 32.4 Å². The number of anilines is 1. The molecule has 2 heterocycles. The average molecular weight is 449 g/mol. The zero-order valence-electron chi connectivity index (χ0n) is 18.0. The number of urea groups is 1. The van der Waals surface area contributed by atoms with E-state index in [9.17, 15) is 9.59 Å². The van der Waals surface area contributed by atoms with Crippen LogP contribution in [0.25, 0.3) is 17.0 Å². The van der Waals surface area contributed by atoms with E-state index in [1.807, 2.05) is 20.8 Å². The van der Waals surface area contributed by atoms with Crippen LogP contribution in [0.15, 0.2) is 18.2 Å². The smallest absolute Gasteiger partial charge is 0.319 e. The minimum Gasteiger partial charge on any atom is -0.495 e. The van der Waals surface area contributed by atoms with Crippen molar-refractivity contribution in [2.45, 2.75) is 32.6 Å². The lowest BCUT2D eigenvalue weighted by Gasteiger charge is -2.14. The Kier molecular flexibility index (Phi) is 6.40. The second kappa shape index (κ2) is 8.84. The maximum absolute atomic E-state index is 12.2. The third kappa shape index (κ3) is 4.91. The van der Waals surface area contributed by atoms with Gasteiger partial charge in [0, 0.05) is 17.5 Å². The number of hydrogen-bond acceptors (Lipinski definition) is 6. The Morgan fingerprint density at radius 3 is 2.58 bits per heavy atom. The van der Waals surface area contributed by atoms with E-state index in [0.717, 1.165) is 5.69 Å². The van der Waals surface area contributed by atoms with E-state index in [1.165, 1.54) is 18.8 Å². The monoisotopic (exact) mass is 448 g/mol. The van der Waals surface area contributed by atoms with Gasteiger partial charge in [-0.25, -0.2) is 4.79 Å². The summed E-state index contributed by atoms with van der Waals surface area (Å²) in [6.45, 7) is 6.22. The maximum atomic E-state index is 12.2. The molecule has 11 heteroatoms. The molecule has 1 aromatic carbocycles. The zero-order chi connectivity index (χ0) is 22.8. The van der Waals surface area contributed by atoms with E-state index >= 15 is 0 Å². The third-order valence-electron chi connectivity index (χ3n) is 4.52. The number of benzene rings is 1. The molecular weight excluding hydrogens is 424 g/mol. The second-order valence-electron chi connectivity index (χ2n) is 7.85. The van der Waals surface area contributed by atoms with Crippen molar-refractivity contribution >= 4 is 34.9 Å². The van der Waals surface area contributed by atoms with Gasteiger partial charge >= 0.3 is 12.0 Å². The molecule has 0 aliphatic carbocycles. The fraction of sp³-hybridized carbons (Fsp3) is 0.400. The van der Waals surface area contributed by atoms with Crippen LogP contribution in [0.5, 0.6) is 5.75 Å². The predicted molar refractivity (Wildman–Crippen MR) is 117 cm³/mol. The molecule has 31 heavy (non-hydrogen) atoms. The molecule has 10 nitrogen and oxygen atoms in total. The number of ether oxygens (including phenoxy) is 2. The maximum Gasteiger partial charge on any atom is 0.319 e. The number of methoxy groups -OCH3 is 2. The Morgan fingerprint density at radius 2 is 1.97 bits per heavy atom. The van der Waals surface area contributed by atoms with Crippen LogP contribution in [0, 0.1) is 0 Å². The van der Waals surface area contributed by atoms with E-state index in [1.54, 1.807) is 18.2 Å². The number of esters is 1. The van der Waals surface area contributed by atoms with Gasteiger partial charge in [0.25, 0.3) is 0 Å². The van der Waals surface area contributed by atoms with Crippen molar-refractivity contribution < 1.29 is 19.1 Å². The number of halogens is 1. The van der Waals surface area contributed by atoms with Crippen molar-refractivity contribution in [3.05, 3.63) is 28.9 Å². The fourth-order valence-corrected chi connectivity index (χ4v) is 3.35. The molecule has 0 aliphatic heterocycles. The molecule has 3 rings (SSSR count). The van der Waals surface area contributed by atoms with Crippen LogP contribution in [0.3, 0.4) is 0 Å². The van der Waals surface area contributed by atoms with Crippen LogP contribution in [0.1, 0.15) is 32.9 Å². The first-order valence-corrected chi connectivity index (χ1v) is 9.97. The summed E-state index contributed by atoms with van der Waals surface area (Å²) in [4.78, 5) is 26.5. The van der Waals surface area contributed by atoms with Crippen molar-refractivity contribution in [2.75, 3.05) is 26.1 Å². The van der Waals surface area contributed by atoms with E-state index in [-0.39, 0.29) is 18.4 Å². The highest BCUT2D eigenvalue weighted by Gasteiger charge is 2.25. The Labute approximate surface area is 184 Å². The molecule has 0 saturated carbocycles. The fourth-order valence-electron chi connectivity index (χ4n) is 2.91. The van der Waals surface area contributed by atoms with Gasteiger partial charge < -0.3 is 25.1 Å². The van der Waals surface area contributed by atoms with Gasteiger partial charge in [0.05, 0.1) is 32.0 Å². The highest BCUT2D eigenvalue weighted by molar-refractivity contribution is 6.34. The van der Waals surface area contributed by atoms with Crippen molar-refractivity contribution in [1.82, 2.24) is 25.1 Å². The number of aromatic nitrogens is 4. The van der Waals surface area contributed by atoms with Gasteiger partial charge in [-0.05, 0) is 18.2 Å². The number of hydrogen-bond donors (Lipinski definition) is 3. The minimum absolute atomic E-state index is 0.0740. The minimum atomic E-state index is -0.480. The van der Waals surface area contributed by atoms with Gasteiger partial charge in [-0.2, -0.15) is 5.10 Å². The molecule has 2 aromatic heterocycles. The summed E-state index contributed by atoms with van der Waals surface area (Å²) in [7, 11) is 2.80. The summed E-state index contributed by atoms with van der Waals surface area (Å²) in [5.74, 6) is 0.592. The number of carbonyl (C=O) groups excluding carboxylic acids is 2. The molecule has 0 fully saturated rings. The largest absolute Gasteiger partial charge is 0.495 e. The summed E-state index contributed by atoms with van der Waals surface area (Å²) in [5.41, 5.74) is 2.26. The lowest BCUT2D eigenvalue weighted by molar-refractivity contribution is -0.140. The van der Waals surface area contributed by atoms with E-state index in [2.05, 4.69) is 30.6 Å². The molecule has 0 spiro atoms. The quantitative estimate of drug-likeness (QED) is 0.497. The van der Waals surface area contributed by atoms with Crippen LogP contribution in [0.4, 0.5) is 10.5 Å². The molecule has 166 valence electrons. The molecular formula is C20H25ClN6O4. The number of fused-ring (bicyclic) bond motifs is 1. The first kappa shape index (κ1) is 22.4. The van der Waals surface area contributed by atoms with Gasteiger partial charge in [0.1, 0.15) is 10.8 Å². The molecule has 0 saturated heterocycles. The first-order valence-electron chi connectivity index (χ1n) is 9.59. The van der Waals surface area contributed by atoms with Crippen LogP contribution >= 0.6 is 11.6 Å². The second-order valence-corrected chi connectivity index (χ2v) is 8.22. The van der Waals surface area contributed by atoms with Crippen molar-refractivity contribution in [3.8, 4) is 17.1 Å². The summed E-state index contributed by atoms with van der Waals surface area (Å²) >= 11 is 6.50. The molecule has 0 aliphatic rings. The molecule has 3 aromatic rings. The number of nitrogens with zero attached hydrogens (tertiary/aromatic N) is 3. The summed E-state index contributed by atoms with van der Waals surface area (Å²) < 4.78 is 11.3. The number of rotatable bonds is 6. The first-order chi connectivity index (χ1) is 14.6. The summed E-state index contributed by atoms with van der Waals surface area (Å²) in [6.07, 6.45) is 0.0740. The Balaban J connectivity index is 1.83. The lowest BCUT2D eigenvalue weighted by atomic mass is 9.92. The van der Waals surface area contributed by atoms with Crippen molar-refractivity contribution in [1.29, 1.82) is 0 Å². The SMILES string of the molecule is COC(=O)CCNC(=O)Nc1cc(-c2nn3nc(C(C)(C)C)c(Cl)c3[nH]2)ccc1OC. The van der Waals surface area contributed by atoms with E-state index < -0.39 is 12.0 Å². The van der Waals surface area contributed by atoms with Crippen LogP contribution in [-0.2, 0) is 14.9 Å². The Bertz CT molecular complexity index is 1120. The number of H-pyrrole nitrogens is 1. The van der Waals surface area contributed by atoms with E-state index in [4.69, 9.17) is 16.3 Å². The standard InChI is InChI=1S/C20H25ClN6O4/c1-20(2,3)16-15(21)18-24-17(26-27(18)25-16)11-6-7-13(30-4)12(10-11)23-19(29)22-9-8-14(28)31-5/h6-7,10H,8-9H2,1-5H3,(H,24,26)(H2,22,23,29). The number of carbonyl (C=O) groups is 2. The van der Waals surface area contributed by atoms with Crippen LogP contribution < -0.4 is 15.4 Å². The number of amides is 2. The molecule has 0 unspecified atom stereocenters. The molecule has 0 bridgehead atoms. The summed E-state index contributed by atoms with van der Waals surface area (Å²) in [5, 5.41) is 14.8. The molecule has 3 N–H and O–H groups in total. The number of nitrogens with one attached hydrogen (secondary N) is 3.